The summed E-state index contributed by atoms with van der Waals surface area (Å²) in [4.78, 5) is 15.3. The lowest BCUT2D eigenvalue weighted by Crippen LogP contribution is -2.48. The van der Waals surface area contributed by atoms with Crippen molar-refractivity contribution >= 4 is 11.4 Å². The number of ether oxygens (including phenoxy) is 1. The number of non-ortho nitro benzene ring substituents is 1. The van der Waals surface area contributed by atoms with Crippen LogP contribution in [0.2, 0.25) is 0 Å². The minimum Gasteiger partial charge on any atom is -0.496 e. The first-order chi connectivity index (χ1) is 17.2. The first kappa shape index (κ1) is 23.2. The lowest BCUT2D eigenvalue weighted by molar-refractivity contribution is -0.384. The minimum absolute atomic E-state index is 0.109. The van der Waals surface area contributed by atoms with Crippen LogP contribution in [0.1, 0.15) is 55.6 Å². The van der Waals surface area contributed by atoms with Crippen molar-refractivity contribution in [3.05, 3.63) is 70.0 Å². The lowest BCUT2D eigenvalue weighted by atomic mass is 9.95. The summed E-state index contributed by atoms with van der Waals surface area (Å²) in [6.07, 6.45) is 5.89. The third-order valence-electron chi connectivity index (χ3n) is 7.22. The molecule has 1 aromatic heterocycles. The van der Waals surface area contributed by atoms with Crippen LogP contribution >= 0.6 is 0 Å². The maximum Gasteiger partial charge on any atom is 0.269 e. The topological polar surface area (TPSA) is 102 Å². The zero-order valence-electron chi connectivity index (χ0n) is 20.0. The molecule has 0 radical (unpaired) electrons. The number of para-hydroxylation sites is 1. The van der Waals surface area contributed by atoms with Gasteiger partial charge in [0.25, 0.3) is 5.69 Å². The Balaban J connectivity index is 1.42. The normalized spacial score (nSPS) is 18.4. The van der Waals surface area contributed by atoms with E-state index in [4.69, 9.17) is 4.74 Å². The SMILES string of the molecule is COc1ccccc1[C@H](c1nnnn1C1CCCCC1)N1CCN(c2ccc([N+](=O)[O-])cc2)CC1. The molecule has 184 valence electrons. The molecule has 10 nitrogen and oxygen atoms in total. The average Bonchev–Trinajstić information content (AvgIpc) is 3.39. The molecule has 1 saturated heterocycles. The van der Waals surface area contributed by atoms with E-state index in [1.807, 2.05) is 30.3 Å². The average molecular weight is 478 g/mol. The molecule has 0 amide bonds. The third-order valence-corrected chi connectivity index (χ3v) is 7.22. The number of anilines is 1. The molecule has 10 heteroatoms. The number of nitro benzene ring substituents is 1. The summed E-state index contributed by atoms with van der Waals surface area (Å²) in [7, 11) is 1.70. The summed E-state index contributed by atoms with van der Waals surface area (Å²) >= 11 is 0. The molecule has 3 aromatic rings. The number of rotatable bonds is 7. The fraction of sp³-hybridized carbons (Fsp3) is 0.480. The Morgan fingerprint density at radius 1 is 1.00 bits per heavy atom. The summed E-state index contributed by atoms with van der Waals surface area (Å²) in [5.41, 5.74) is 2.17. The van der Waals surface area contributed by atoms with Gasteiger partial charge in [0, 0.05) is 49.6 Å². The fourth-order valence-electron chi connectivity index (χ4n) is 5.38. The predicted octanol–water partition coefficient (Wildman–Crippen LogP) is 4.01. The number of piperazine rings is 1. The largest absolute Gasteiger partial charge is 0.496 e. The van der Waals surface area contributed by atoms with E-state index in [-0.39, 0.29) is 16.7 Å². The van der Waals surface area contributed by atoms with E-state index in [0.717, 1.165) is 61.8 Å². The van der Waals surface area contributed by atoms with Gasteiger partial charge in [-0.2, -0.15) is 0 Å². The Bertz CT molecular complexity index is 1140. The summed E-state index contributed by atoms with van der Waals surface area (Å²) in [5, 5.41) is 24.1. The second kappa shape index (κ2) is 10.4. The Hall–Kier alpha value is -3.53. The molecule has 2 heterocycles. The highest BCUT2D eigenvalue weighted by atomic mass is 16.6. The summed E-state index contributed by atoms with van der Waals surface area (Å²) in [6.45, 7) is 3.21. The first-order valence-electron chi connectivity index (χ1n) is 12.3. The van der Waals surface area contributed by atoms with Crippen molar-refractivity contribution in [3.63, 3.8) is 0 Å². The lowest BCUT2D eigenvalue weighted by Gasteiger charge is -2.40. The van der Waals surface area contributed by atoms with Gasteiger partial charge in [-0.15, -0.1) is 5.10 Å². The highest BCUT2D eigenvalue weighted by molar-refractivity contribution is 5.51. The molecule has 0 bridgehead atoms. The molecular weight excluding hydrogens is 446 g/mol. The molecule has 1 aliphatic carbocycles. The Morgan fingerprint density at radius 3 is 2.40 bits per heavy atom. The Kier molecular flexibility index (Phi) is 6.89. The van der Waals surface area contributed by atoms with Crippen molar-refractivity contribution in [2.24, 2.45) is 0 Å². The molecule has 35 heavy (non-hydrogen) atoms. The van der Waals surface area contributed by atoms with E-state index >= 15 is 0 Å². The number of nitro groups is 1. The van der Waals surface area contributed by atoms with Crippen LogP contribution in [0.15, 0.2) is 48.5 Å². The van der Waals surface area contributed by atoms with Crippen molar-refractivity contribution in [3.8, 4) is 5.75 Å². The maximum absolute atomic E-state index is 11.0. The monoisotopic (exact) mass is 477 g/mol. The molecule has 1 atom stereocenters. The zero-order chi connectivity index (χ0) is 24.2. The van der Waals surface area contributed by atoms with Gasteiger partial charge in [0.15, 0.2) is 5.82 Å². The van der Waals surface area contributed by atoms with Gasteiger partial charge < -0.3 is 9.64 Å². The van der Waals surface area contributed by atoms with Gasteiger partial charge >= 0.3 is 0 Å². The second-order valence-corrected chi connectivity index (χ2v) is 9.21. The summed E-state index contributed by atoms with van der Waals surface area (Å²) < 4.78 is 7.81. The van der Waals surface area contributed by atoms with Crippen LogP contribution in [0.4, 0.5) is 11.4 Å². The highest BCUT2D eigenvalue weighted by Crippen LogP contribution is 2.37. The van der Waals surface area contributed by atoms with Crippen molar-refractivity contribution in [2.45, 2.75) is 44.2 Å². The van der Waals surface area contributed by atoms with Gasteiger partial charge in [0.2, 0.25) is 0 Å². The molecule has 1 saturated carbocycles. The summed E-state index contributed by atoms with van der Waals surface area (Å²) in [5.74, 6) is 1.69. The van der Waals surface area contributed by atoms with E-state index in [1.165, 1.54) is 19.3 Å². The molecular formula is C25H31N7O3. The smallest absolute Gasteiger partial charge is 0.269 e. The second-order valence-electron chi connectivity index (χ2n) is 9.21. The van der Waals surface area contributed by atoms with Gasteiger partial charge in [-0.1, -0.05) is 37.5 Å². The van der Waals surface area contributed by atoms with Crippen molar-refractivity contribution in [1.82, 2.24) is 25.1 Å². The van der Waals surface area contributed by atoms with Crippen LogP contribution in [0.25, 0.3) is 0 Å². The molecule has 2 fully saturated rings. The number of hydrogen-bond donors (Lipinski definition) is 0. The molecule has 0 N–H and O–H groups in total. The molecule has 2 aromatic carbocycles. The zero-order valence-corrected chi connectivity index (χ0v) is 20.0. The van der Waals surface area contributed by atoms with Crippen molar-refractivity contribution in [2.75, 3.05) is 38.2 Å². The van der Waals surface area contributed by atoms with Crippen LogP contribution < -0.4 is 9.64 Å². The van der Waals surface area contributed by atoms with E-state index in [9.17, 15) is 10.1 Å². The molecule has 2 aliphatic rings. The quantitative estimate of drug-likeness (QED) is 0.372. The van der Waals surface area contributed by atoms with Crippen LogP contribution in [0.3, 0.4) is 0 Å². The maximum atomic E-state index is 11.0. The Labute approximate surface area is 204 Å². The van der Waals surface area contributed by atoms with Gasteiger partial charge in [0.05, 0.1) is 18.1 Å². The predicted molar refractivity (Wildman–Crippen MR) is 132 cm³/mol. The number of benzene rings is 2. The number of hydrogen-bond acceptors (Lipinski definition) is 8. The van der Waals surface area contributed by atoms with Gasteiger partial charge in [-0.3, -0.25) is 15.0 Å². The highest BCUT2D eigenvalue weighted by Gasteiger charge is 2.34. The van der Waals surface area contributed by atoms with E-state index in [1.54, 1.807) is 19.2 Å². The summed E-state index contributed by atoms with van der Waals surface area (Å²) in [6, 6.07) is 15.1. The molecule has 1 aliphatic heterocycles. The van der Waals surface area contributed by atoms with Crippen LogP contribution in [-0.4, -0.2) is 63.3 Å². The third kappa shape index (κ3) is 4.84. The Morgan fingerprint density at radius 2 is 1.71 bits per heavy atom. The van der Waals surface area contributed by atoms with E-state index < -0.39 is 0 Å². The van der Waals surface area contributed by atoms with Gasteiger partial charge in [-0.05, 0) is 41.5 Å². The minimum atomic E-state index is -0.365. The molecule has 5 rings (SSSR count). The van der Waals surface area contributed by atoms with Crippen molar-refractivity contribution < 1.29 is 9.66 Å². The van der Waals surface area contributed by atoms with Gasteiger partial charge in [-0.25, -0.2) is 4.68 Å². The number of aromatic nitrogens is 4. The van der Waals surface area contributed by atoms with Crippen LogP contribution in [0, 0.1) is 10.1 Å². The fourth-order valence-corrected chi connectivity index (χ4v) is 5.38. The number of methoxy groups -OCH3 is 1. The number of tetrazole rings is 1. The molecule has 0 spiro atoms. The van der Waals surface area contributed by atoms with Crippen LogP contribution in [0.5, 0.6) is 5.75 Å². The number of nitrogens with zero attached hydrogens (tertiary/aromatic N) is 7. The van der Waals surface area contributed by atoms with Gasteiger partial charge in [0.1, 0.15) is 11.8 Å². The standard InChI is InChI=1S/C25H31N7O3/c1-35-23-10-6-5-9-22(23)24(25-26-27-28-31(25)20-7-3-2-4-8-20)30-17-15-29(16-18-30)19-11-13-21(14-12-19)32(33)34/h5-6,9-14,20,24H,2-4,7-8,15-18H2,1H3/t24-/m1/s1. The van der Waals surface area contributed by atoms with Crippen molar-refractivity contribution in [1.29, 1.82) is 0 Å². The van der Waals surface area contributed by atoms with Crippen LogP contribution in [-0.2, 0) is 0 Å². The molecule has 0 unspecified atom stereocenters. The first-order valence-corrected chi connectivity index (χ1v) is 12.3. The van der Waals surface area contributed by atoms with E-state index in [0.29, 0.717) is 6.04 Å². The van der Waals surface area contributed by atoms with E-state index in [2.05, 4.69) is 36.1 Å².